The van der Waals surface area contributed by atoms with E-state index in [4.69, 9.17) is 0 Å². The van der Waals surface area contributed by atoms with Gasteiger partial charge in [0.1, 0.15) is 5.84 Å². The number of amidine groups is 1. The zero-order valence-electron chi connectivity index (χ0n) is 19.7. The standard InChI is InChI=1S/C28H23F3N4O/c1-17-15-35(16-34-17)24-9-18(8-23(13-24)28(29,30)31)10-26(36)21-5-3-4-19(11-21)20-6-7-25-22(12-20)14-33-27(25)32-2/h3-9,11-13,15-16H,10,14H2,1-2H3,(H,32,33). The summed E-state index contributed by atoms with van der Waals surface area (Å²) in [6, 6.07) is 16.9. The van der Waals surface area contributed by atoms with Crippen molar-refractivity contribution >= 4 is 11.6 Å². The van der Waals surface area contributed by atoms with Gasteiger partial charge in [0.15, 0.2) is 5.78 Å². The van der Waals surface area contributed by atoms with E-state index in [0.29, 0.717) is 23.5 Å². The lowest BCUT2D eigenvalue weighted by atomic mass is 9.95. The molecule has 0 amide bonds. The number of imidazole rings is 1. The monoisotopic (exact) mass is 488 g/mol. The average molecular weight is 489 g/mol. The minimum absolute atomic E-state index is 0.154. The zero-order valence-corrected chi connectivity index (χ0v) is 19.7. The first-order chi connectivity index (χ1) is 17.2. The largest absolute Gasteiger partial charge is 0.416 e. The van der Waals surface area contributed by atoms with Gasteiger partial charge >= 0.3 is 6.18 Å². The molecule has 0 saturated carbocycles. The van der Waals surface area contributed by atoms with Gasteiger partial charge in [-0.2, -0.15) is 13.2 Å². The molecule has 1 aliphatic heterocycles. The van der Waals surface area contributed by atoms with Gasteiger partial charge in [0.2, 0.25) is 0 Å². The van der Waals surface area contributed by atoms with Crippen molar-refractivity contribution in [2.75, 3.05) is 7.05 Å². The Labute approximate surface area is 206 Å². The van der Waals surface area contributed by atoms with Crippen LogP contribution in [0.1, 0.15) is 38.3 Å². The molecule has 5 rings (SSSR count). The molecule has 0 aliphatic carbocycles. The summed E-state index contributed by atoms with van der Waals surface area (Å²) in [6.45, 7) is 2.44. The Bertz CT molecular complexity index is 1500. The lowest BCUT2D eigenvalue weighted by molar-refractivity contribution is -0.137. The van der Waals surface area contributed by atoms with E-state index in [2.05, 4.69) is 21.4 Å². The van der Waals surface area contributed by atoms with E-state index < -0.39 is 11.7 Å². The number of benzene rings is 3. The lowest BCUT2D eigenvalue weighted by Gasteiger charge is -2.13. The molecule has 5 nitrogen and oxygen atoms in total. The van der Waals surface area contributed by atoms with E-state index in [0.717, 1.165) is 40.2 Å². The van der Waals surface area contributed by atoms with Gasteiger partial charge in [-0.1, -0.05) is 30.3 Å². The van der Waals surface area contributed by atoms with Gasteiger partial charge in [0, 0.05) is 43.0 Å². The number of nitrogens with zero attached hydrogens (tertiary/aromatic N) is 3. The highest BCUT2D eigenvalue weighted by Gasteiger charge is 2.31. The van der Waals surface area contributed by atoms with Crippen molar-refractivity contribution in [2.45, 2.75) is 26.1 Å². The van der Waals surface area contributed by atoms with Crippen LogP contribution in [-0.2, 0) is 19.1 Å². The number of hydrogen-bond acceptors (Lipinski definition) is 3. The van der Waals surface area contributed by atoms with E-state index in [9.17, 15) is 18.0 Å². The molecule has 36 heavy (non-hydrogen) atoms. The molecule has 0 bridgehead atoms. The molecule has 4 aromatic rings. The third-order valence-electron chi connectivity index (χ3n) is 6.23. The Morgan fingerprint density at radius 3 is 2.61 bits per heavy atom. The van der Waals surface area contributed by atoms with Gasteiger partial charge in [-0.3, -0.25) is 9.79 Å². The molecular weight excluding hydrogens is 465 g/mol. The van der Waals surface area contributed by atoms with Crippen molar-refractivity contribution in [3.63, 3.8) is 0 Å². The summed E-state index contributed by atoms with van der Waals surface area (Å²) in [5.41, 5.74) is 4.92. The lowest BCUT2D eigenvalue weighted by Crippen LogP contribution is -2.14. The first kappa shape index (κ1) is 23.5. The Balaban J connectivity index is 1.44. The summed E-state index contributed by atoms with van der Waals surface area (Å²) in [5.74, 6) is 0.596. The molecule has 3 aromatic carbocycles. The zero-order chi connectivity index (χ0) is 25.4. The van der Waals surface area contributed by atoms with Crippen LogP contribution in [0.25, 0.3) is 16.8 Å². The van der Waals surface area contributed by atoms with Gasteiger partial charge in [-0.05, 0) is 59.5 Å². The number of ketones is 1. The van der Waals surface area contributed by atoms with Crippen molar-refractivity contribution < 1.29 is 18.0 Å². The molecule has 0 unspecified atom stereocenters. The van der Waals surface area contributed by atoms with Crippen molar-refractivity contribution in [3.05, 3.63) is 107 Å². The number of aliphatic imine (C=N–C) groups is 1. The number of halogens is 3. The highest BCUT2D eigenvalue weighted by Crippen LogP contribution is 2.32. The molecule has 1 aliphatic rings. The third-order valence-corrected chi connectivity index (χ3v) is 6.23. The van der Waals surface area contributed by atoms with Crippen LogP contribution in [0.3, 0.4) is 0 Å². The number of nitrogens with one attached hydrogen (secondary N) is 1. The van der Waals surface area contributed by atoms with Crippen LogP contribution in [0.5, 0.6) is 0 Å². The molecular formula is C28H23F3N4O. The van der Waals surface area contributed by atoms with E-state index in [-0.39, 0.29) is 17.8 Å². The predicted molar refractivity (Wildman–Crippen MR) is 133 cm³/mol. The number of aromatic nitrogens is 2. The summed E-state index contributed by atoms with van der Waals surface area (Å²) in [7, 11) is 1.74. The number of aryl methyl sites for hydroxylation is 1. The number of alkyl halides is 3. The SMILES string of the molecule is CN=C1NCc2cc(-c3cccc(C(=O)Cc4cc(-n5cnc(C)c5)cc(C(F)(F)F)c4)c3)ccc21. The minimum Gasteiger partial charge on any atom is -0.366 e. The number of carbonyl (C=O) groups excluding carboxylic acids is 1. The predicted octanol–water partition coefficient (Wildman–Crippen LogP) is 5.77. The van der Waals surface area contributed by atoms with Crippen molar-refractivity contribution in [1.29, 1.82) is 0 Å². The Morgan fingerprint density at radius 1 is 1.08 bits per heavy atom. The van der Waals surface area contributed by atoms with Gasteiger partial charge in [-0.25, -0.2) is 4.98 Å². The normalized spacial score (nSPS) is 14.1. The molecule has 1 N–H and O–H groups in total. The Morgan fingerprint density at radius 2 is 1.89 bits per heavy atom. The second-order valence-corrected chi connectivity index (χ2v) is 8.79. The minimum atomic E-state index is -4.53. The fraction of sp³-hybridized carbons (Fsp3) is 0.179. The van der Waals surface area contributed by atoms with E-state index >= 15 is 0 Å². The van der Waals surface area contributed by atoms with Gasteiger partial charge in [0.25, 0.3) is 0 Å². The molecule has 8 heteroatoms. The van der Waals surface area contributed by atoms with Gasteiger partial charge in [0.05, 0.1) is 17.6 Å². The van der Waals surface area contributed by atoms with Gasteiger partial charge in [-0.15, -0.1) is 0 Å². The van der Waals surface area contributed by atoms with Gasteiger partial charge < -0.3 is 9.88 Å². The third kappa shape index (κ3) is 4.66. The van der Waals surface area contributed by atoms with Crippen LogP contribution in [0.15, 0.2) is 78.2 Å². The van der Waals surface area contributed by atoms with Crippen LogP contribution in [-0.4, -0.2) is 28.2 Å². The van der Waals surface area contributed by atoms with Crippen LogP contribution in [0.2, 0.25) is 0 Å². The fourth-order valence-electron chi connectivity index (χ4n) is 4.44. The highest BCUT2D eigenvalue weighted by atomic mass is 19.4. The maximum absolute atomic E-state index is 13.6. The van der Waals surface area contributed by atoms with Crippen molar-refractivity contribution in [1.82, 2.24) is 14.9 Å². The summed E-state index contributed by atoms with van der Waals surface area (Å²) >= 11 is 0. The number of fused-ring (bicyclic) bond motifs is 1. The Kier molecular flexibility index (Phi) is 5.96. The van der Waals surface area contributed by atoms with Crippen LogP contribution < -0.4 is 5.32 Å². The topological polar surface area (TPSA) is 59.3 Å². The average Bonchev–Trinajstić information content (AvgIpc) is 3.49. The maximum Gasteiger partial charge on any atom is 0.416 e. The summed E-state index contributed by atoms with van der Waals surface area (Å²) in [5, 5.41) is 3.25. The summed E-state index contributed by atoms with van der Waals surface area (Å²) in [6.07, 6.45) is -1.58. The molecule has 182 valence electrons. The molecule has 0 atom stereocenters. The van der Waals surface area contributed by atoms with Crippen LogP contribution in [0, 0.1) is 6.92 Å². The molecule has 0 radical (unpaired) electrons. The number of carbonyl (C=O) groups is 1. The number of hydrogen-bond donors (Lipinski definition) is 1. The molecule has 0 spiro atoms. The molecule has 1 aromatic heterocycles. The first-order valence-electron chi connectivity index (χ1n) is 11.4. The quantitative estimate of drug-likeness (QED) is 0.363. The first-order valence-corrected chi connectivity index (χ1v) is 11.4. The maximum atomic E-state index is 13.6. The van der Waals surface area contributed by atoms with E-state index in [1.54, 1.807) is 44.4 Å². The fourth-order valence-corrected chi connectivity index (χ4v) is 4.44. The number of Topliss-reactive ketones (excluding diaryl/α,β-unsaturated/α-hetero) is 1. The highest BCUT2D eigenvalue weighted by molar-refractivity contribution is 6.03. The van der Waals surface area contributed by atoms with E-state index in [1.807, 2.05) is 18.2 Å². The second kappa shape index (κ2) is 9.11. The van der Waals surface area contributed by atoms with Crippen molar-refractivity contribution in [2.24, 2.45) is 4.99 Å². The van der Waals surface area contributed by atoms with Crippen LogP contribution >= 0.6 is 0 Å². The molecule has 0 fully saturated rings. The Hall–Kier alpha value is -4.20. The van der Waals surface area contributed by atoms with Crippen molar-refractivity contribution in [3.8, 4) is 16.8 Å². The molecule has 0 saturated heterocycles. The van der Waals surface area contributed by atoms with Crippen LogP contribution in [0.4, 0.5) is 13.2 Å². The second-order valence-electron chi connectivity index (χ2n) is 8.79. The summed E-state index contributed by atoms with van der Waals surface area (Å²) in [4.78, 5) is 21.5. The summed E-state index contributed by atoms with van der Waals surface area (Å²) < 4.78 is 42.3. The van der Waals surface area contributed by atoms with E-state index in [1.165, 1.54) is 10.9 Å². The molecule has 2 heterocycles. The smallest absolute Gasteiger partial charge is 0.366 e. The number of rotatable bonds is 5.